The Morgan fingerprint density at radius 1 is 1.67 bits per heavy atom. The van der Waals surface area contributed by atoms with Crippen LogP contribution in [-0.4, -0.2) is 48.5 Å². The second kappa shape index (κ2) is 7.36. The van der Waals surface area contributed by atoms with Crippen molar-refractivity contribution in [2.24, 2.45) is 5.92 Å². The number of piperazine rings is 1. The summed E-state index contributed by atoms with van der Waals surface area (Å²) in [5, 5.41) is 3.34. The number of thioether (sulfide) groups is 1. The van der Waals surface area contributed by atoms with Crippen LogP contribution in [-0.2, 0) is 4.79 Å². The Morgan fingerprint density at radius 2 is 2.33 bits per heavy atom. The molecule has 1 fully saturated rings. The van der Waals surface area contributed by atoms with E-state index in [-0.39, 0.29) is 18.3 Å². The maximum Gasteiger partial charge on any atom is 0.226 e. The SMILES string of the molecule is CSCC(C)C(=O)N1CCN[C@H](C)C1.Cl. The van der Waals surface area contributed by atoms with E-state index in [2.05, 4.69) is 12.2 Å². The first-order valence-corrected chi connectivity index (χ1v) is 6.55. The molecule has 1 unspecified atom stereocenters. The van der Waals surface area contributed by atoms with Gasteiger partial charge in [-0.2, -0.15) is 11.8 Å². The fraction of sp³-hybridized carbons (Fsp3) is 0.900. The zero-order valence-electron chi connectivity index (χ0n) is 9.66. The van der Waals surface area contributed by atoms with Gasteiger partial charge in [0.2, 0.25) is 5.91 Å². The fourth-order valence-corrected chi connectivity index (χ4v) is 2.41. The molecule has 0 bridgehead atoms. The van der Waals surface area contributed by atoms with Crippen molar-refractivity contribution in [1.29, 1.82) is 0 Å². The molecule has 1 rings (SSSR count). The largest absolute Gasteiger partial charge is 0.340 e. The van der Waals surface area contributed by atoms with Crippen molar-refractivity contribution in [3.05, 3.63) is 0 Å². The molecule has 0 aromatic carbocycles. The second-order valence-corrected chi connectivity index (χ2v) is 4.91. The molecular formula is C10H21ClN2OS. The number of rotatable bonds is 3. The highest BCUT2D eigenvalue weighted by Gasteiger charge is 2.23. The molecule has 1 N–H and O–H groups in total. The van der Waals surface area contributed by atoms with E-state index in [0.717, 1.165) is 25.4 Å². The van der Waals surface area contributed by atoms with Crippen molar-refractivity contribution in [3.8, 4) is 0 Å². The van der Waals surface area contributed by atoms with Crippen LogP contribution < -0.4 is 5.32 Å². The molecule has 0 aromatic heterocycles. The van der Waals surface area contributed by atoms with Gasteiger partial charge < -0.3 is 10.2 Å². The van der Waals surface area contributed by atoms with Crippen LogP contribution >= 0.6 is 24.2 Å². The number of halogens is 1. The Balaban J connectivity index is 0.00000196. The molecule has 1 aliphatic heterocycles. The van der Waals surface area contributed by atoms with Crippen LogP contribution in [0.5, 0.6) is 0 Å². The molecule has 1 aliphatic rings. The first-order chi connectivity index (χ1) is 6.65. The van der Waals surface area contributed by atoms with E-state index in [1.165, 1.54) is 0 Å². The summed E-state index contributed by atoms with van der Waals surface area (Å²) in [4.78, 5) is 13.9. The maximum absolute atomic E-state index is 11.9. The van der Waals surface area contributed by atoms with E-state index in [1.54, 1.807) is 11.8 Å². The standard InChI is InChI=1S/C10H20N2OS.ClH/c1-8(7-14-3)10(13)12-5-4-11-9(2)6-12;/h8-9,11H,4-7H2,1-3H3;1H/t8?,9-;/m1./s1. The Hall–Kier alpha value is 0.0700. The molecule has 0 saturated carbocycles. The summed E-state index contributed by atoms with van der Waals surface area (Å²) >= 11 is 1.74. The zero-order chi connectivity index (χ0) is 10.6. The second-order valence-electron chi connectivity index (χ2n) is 4.00. The lowest BCUT2D eigenvalue weighted by Crippen LogP contribution is -2.52. The molecule has 0 spiro atoms. The average Bonchev–Trinajstić information content (AvgIpc) is 2.17. The Labute approximate surface area is 103 Å². The molecule has 0 aromatic rings. The van der Waals surface area contributed by atoms with Crippen LogP contribution in [0.3, 0.4) is 0 Å². The third-order valence-corrected chi connectivity index (χ3v) is 3.35. The third kappa shape index (κ3) is 4.62. The number of carbonyl (C=O) groups excluding carboxylic acids is 1. The predicted octanol–water partition coefficient (Wildman–Crippen LogP) is 1.23. The minimum atomic E-state index is 0. The highest BCUT2D eigenvalue weighted by molar-refractivity contribution is 7.98. The summed E-state index contributed by atoms with van der Waals surface area (Å²) in [6.45, 7) is 6.79. The average molecular weight is 253 g/mol. The van der Waals surface area contributed by atoms with Gasteiger partial charge in [0.05, 0.1) is 0 Å². The van der Waals surface area contributed by atoms with Crippen molar-refractivity contribution < 1.29 is 4.79 Å². The summed E-state index contributed by atoms with van der Waals surface area (Å²) in [5.41, 5.74) is 0. The van der Waals surface area contributed by atoms with E-state index in [0.29, 0.717) is 11.9 Å². The minimum Gasteiger partial charge on any atom is -0.340 e. The maximum atomic E-state index is 11.9. The van der Waals surface area contributed by atoms with E-state index >= 15 is 0 Å². The minimum absolute atomic E-state index is 0. The molecule has 1 heterocycles. The Morgan fingerprint density at radius 3 is 2.87 bits per heavy atom. The van der Waals surface area contributed by atoms with Gasteiger partial charge in [0.1, 0.15) is 0 Å². The number of carbonyl (C=O) groups is 1. The van der Waals surface area contributed by atoms with E-state index in [4.69, 9.17) is 0 Å². The molecule has 2 atom stereocenters. The van der Waals surface area contributed by atoms with Crippen molar-refractivity contribution >= 4 is 30.1 Å². The van der Waals surface area contributed by atoms with Crippen LogP contribution in [0.4, 0.5) is 0 Å². The van der Waals surface area contributed by atoms with E-state index in [1.807, 2.05) is 18.1 Å². The first kappa shape index (κ1) is 15.1. The topological polar surface area (TPSA) is 32.3 Å². The molecule has 1 amide bonds. The van der Waals surface area contributed by atoms with E-state index in [9.17, 15) is 4.79 Å². The molecule has 90 valence electrons. The highest BCUT2D eigenvalue weighted by atomic mass is 35.5. The van der Waals surface area contributed by atoms with Crippen LogP contribution in [0.2, 0.25) is 0 Å². The van der Waals surface area contributed by atoms with Gasteiger partial charge in [-0.05, 0) is 13.2 Å². The highest BCUT2D eigenvalue weighted by Crippen LogP contribution is 2.10. The number of nitrogens with zero attached hydrogens (tertiary/aromatic N) is 1. The number of hydrogen-bond donors (Lipinski definition) is 1. The van der Waals surface area contributed by atoms with Gasteiger partial charge in [-0.15, -0.1) is 12.4 Å². The number of nitrogens with one attached hydrogen (secondary N) is 1. The molecule has 0 aliphatic carbocycles. The van der Waals surface area contributed by atoms with Crippen molar-refractivity contribution in [1.82, 2.24) is 10.2 Å². The van der Waals surface area contributed by atoms with Gasteiger partial charge in [0.25, 0.3) is 0 Å². The van der Waals surface area contributed by atoms with E-state index < -0.39 is 0 Å². The number of amides is 1. The van der Waals surface area contributed by atoms with Crippen LogP contribution in [0.25, 0.3) is 0 Å². The zero-order valence-corrected chi connectivity index (χ0v) is 11.3. The quantitative estimate of drug-likeness (QED) is 0.820. The lowest BCUT2D eigenvalue weighted by molar-refractivity contribution is -0.135. The Kier molecular flexibility index (Phi) is 7.40. The molecular weight excluding hydrogens is 232 g/mol. The van der Waals surface area contributed by atoms with Gasteiger partial charge in [0.15, 0.2) is 0 Å². The number of hydrogen-bond acceptors (Lipinski definition) is 3. The summed E-state index contributed by atoms with van der Waals surface area (Å²) in [7, 11) is 0. The van der Waals surface area contributed by atoms with Gasteiger partial charge in [0, 0.05) is 37.3 Å². The summed E-state index contributed by atoms with van der Waals surface area (Å²) in [6, 6.07) is 0.439. The van der Waals surface area contributed by atoms with Crippen molar-refractivity contribution in [3.63, 3.8) is 0 Å². The molecule has 1 saturated heterocycles. The van der Waals surface area contributed by atoms with Crippen LogP contribution in [0.15, 0.2) is 0 Å². The van der Waals surface area contributed by atoms with Crippen LogP contribution in [0, 0.1) is 5.92 Å². The predicted molar refractivity (Wildman–Crippen MR) is 68.8 cm³/mol. The van der Waals surface area contributed by atoms with Crippen molar-refractivity contribution in [2.45, 2.75) is 19.9 Å². The van der Waals surface area contributed by atoms with Gasteiger partial charge >= 0.3 is 0 Å². The van der Waals surface area contributed by atoms with Gasteiger partial charge in [-0.3, -0.25) is 4.79 Å². The molecule has 5 heteroatoms. The molecule has 3 nitrogen and oxygen atoms in total. The van der Waals surface area contributed by atoms with Crippen molar-refractivity contribution in [2.75, 3.05) is 31.6 Å². The van der Waals surface area contributed by atoms with Gasteiger partial charge in [-0.1, -0.05) is 6.92 Å². The third-order valence-electron chi connectivity index (χ3n) is 2.52. The van der Waals surface area contributed by atoms with Crippen LogP contribution in [0.1, 0.15) is 13.8 Å². The smallest absolute Gasteiger partial charge is 0.226 e. The summed E-state index contributed by atoms with van der Waals surface area (Å²) in [5.74, 6) is 1.40. The van der Waals surface area contributed by atoms with Gasteiger partial charge in [-0.25, -0.2) is 0 Å². The summed E-state index contributed by atoms with van der Waals surface area (Å²) < 4.78 is 0. The molecule has 15 heavy (non-hydrogen) atoms. The molecule has 0 radical (unpaired) electrons. The lowest BCUT2D eigenvalue weighted by atomic mass is 10.1. The monoisotopic (exact) mass is 252 g/mol. The lowest BCUT2D eigenvalue weighted by Gasteiger charge is -2.33. The fourth-order valence-electron chi connectivity index (χ4n) is 1.77. The summed E-state index contributed by atoms with van der Waals surface area (Å²) in [6.07, 6.45) is 2.05. The first-order valence-electron chi connectivity index (χ1n) is 5.16. The normalized spacial score (nSPS) is 23.1. The Bertz CT molecular complexity index is 204.